The second-order valence-electron chi connectivity index (χ2n) is 3.81. The fourth-order valence-electron chi connectivity index (χ4n) is 1.58. The first-order chi connectivity index (χ1) is 7.38. The van der Waals surface area contributed by atoms with Crippen molar-refractivity contribution in [3.8, 4) is 6.07 Å². The largest absolute Gasteiger partial charge is 0.416 e. The molecule has 1 heterocycles. The van der Waals surface area contributed by atoms with Crippen molar-refractivity contribution in [2.45, 2.75) is 24.8 Å². The summed E-state index contributed by atoms with van der Waals surface area (Å²) in [7, 11) is 0. The number of benzene rings is 1. The summed E-state index contributed by atoms with van der Waals surface area (Å²) in [6.45, 7) is 1.61. The highest BCUT2D eigenvalue weighted by atomic mass is 19.4. The van der Waals surface area contributed by atoms with Crippen molar-refractivity contribution in [2.24, 2.45) is 0 Å². The van der Waals surface area contributed by atoms with Gasteiger partial charge in [0.2, 0.25) is 0 Å². The zero-order valence-electron chi connectivity index (χ0n) is 8.38. The van der Waals surface area contributed by atoms with E-state index in [9.17, 15) is 13.2 Å². The lowest BCUT2D eigenvalue weighted by molar-refractivity contribution is -0.137. The predicted octanol–water partition coefficient (Wildman–Crippen LogP) is 2.84. The average Bonchev–Trinajstić information content (AvgIpc) is 2.90. The van der Waals surface area contributed by atoms with E-state index in [0.717, 1.165) is 12.1 Å². The number of hydrogen-bond donors (Lipinski definition) is 0. The van der Waals surface area contributed by atoms with Crippen molar-refractivity contribution in [1.29, 1.82) is 5.26 Å². The molecule has 1 aromatic carbocycles. The van der Waals surface area contributed by atoms with E-state index in [1.807, 2.05) is 6.07 Å². The van der Waals surface area contributed by atoms with Crippen LogP contribution in [0.15, 0.2) is 24.3 Å². The SMILES string of the molecule is CC1(c2cccc(C(F)(F)F)c2)OC1C#N. The third kappa shape index (κ3) is 1.65. The second-order valence-corrected chi connectivity index (χ2v) is 3.81. The van der Waals surface area contributed by atoms with E-state index in [1.165, 1.54) is 12.1 Å². The van der Waals surface area contributed by atoms with E-state index < -0.39 is 23.4 Å². The highest BCUT2D eigenvalue weighted by Gasteiger charge is 2.54. The third-order valence-electron chi connectivity index (χ3n) is 2.69. The van der Waals surface area contributed by atoms with Crippen molar-refractivity contribution >= 4 is 0 Å². The minimum absolute atomic E-state index is 0.383. The standard InChI is InChI=1S/C11H8F3NO/c1-10(9(6-15)16-10)7-3-2-4-8(5-7)11(12,13)14/h2-5,9H,1H3. The Morgan fingerprint density at radius 1 is 1.44 bits per heavy atom. The van der Waals surface area contributed by atoms with Crippen LogP contribution in [0.5, 0.6) is 0 Å². The maximum Gasteiger partial charge on any atom is 0.416 e. The molecule has 2 rings (SSSR count). The summed E-state index contributed by atoms with van der Waals surface area (Å²) in [4.78, 5) is 0. The van der Waals surface area contributed by atoms with Crippen LogP contribution in [-0.2, 0) is 16.5 Å². The lowest BCUT2D eigenvalue weighted by atomic mass is 9.96. The number of alkyl halides is 3. The molecule has 16 heavy (non-hydrogen) atoms. The molecule has 0 bridgehead atoms. The van der Waals surface area contributed by atoms with Crippen molar-refractivity contribution in [1.82, 2.24) is 0 Å². The van der Waals surface area contributed by atoms with Crippen LogP contribution in [-0.4, -0.2) is 6.10 Å². The van der Waals surface area contributed by atoms with Crippen molar-refractivity contribution in [2.75, 3.05) is 0 Å². The number of hydrogen-bond acceptors (Lipinski definition) is 2. The van der Waals surface area contributed by atoms with Gasteiger partial charge < -0.3 is 4.74 Å². The zero-order chi connectivity index (χ0) is 12.0. The van der Waals surface area contributed by atoms with Gasteiger partial charge in [0, 0.05) is 0 Å². The van der Waals surface area contributed by atoms with E-state index in [0.29, 0.717) is 5.56 Å². The summed E-state index contributed by atoms with van der Waals surface area (Å²) in [5.74, 6) is 0. The Kier molecular flexibility index (Phi) is 2.21. The Morgan fingerprint density at radius 2 is 2.12 bits per heavy atom. The van der Waals surface area contributed by atoms with E-state index in [4.69, 9.17) is 10.00 Å². The number of nitriles is 1. The maximum atomic E-state index is 12.4. The van der Waals surface area contributed by atoms with Gasteiger partial charge >= 0.3 is 6.18 Å². The van der Waals surface area contributed by atoms with Gasteiger partial charge in [0.1, 0.15) is 5.60 Å². The Labute approximate surface area is 90.3 Å². The molecule has 0 aliphatic carbocycles. The molecular formula is C11H8F3NO. The molecule has 1 aliphatic rings. The van der Waals surface area contributed by atoms with Crippen LogP contribution in [0.2, 0.25) is 0 Å². The Bertz CT molecular complexity index is 463. The summed E-state index contributed by atoms with van der Waals surface area (Å²) < 4.78 is 42.4. The zero-order valence-corrected chi connectivity index (χ0v) is 8.38. The number of ether oxygens (including phenoxy) is 1. The lowest BCUT2D eigenvalue weighted by Crippen LogP contribution is -2.10. The van der Waals surface area contributed by atoms with Crippen LogP contribution in [0.25, 0.3) is 0 Å². The van der Waals surface area contributed by atoms with Crippen molar-refractivity contribution < 1.29 is 17.9 Å². The molecule has 0 aromatic heterocycles. The highest BCUT2D eigenvalue weighted by molar-refractivity contribution is 5.35. The molecule has 0 spiro atoms. The molecule has 2 atom stereocenters. The Balaban J connectivity index is 2.36. The molecule has 1 fully saturated rings. The molecule has 2 unspecified atom stereocenters. The van der Waals surface area contributed by atoms with Gasteiger partial charge in [-0.3, -0.25) is 0 Å². The third-order valence-corrected chi connectivity index (χ3v) is 2.69. The fraction of sp³-hybridized carbons (Fsp3) is 0.364. The first-order valence-corrected chi connectivity index (χ1v) is 4.63. The van der Waals surface area contributed by atoms with Crippen LogP contribution in [0.4, 0.5) is 13.2 Å². The quantitative estimate of drug-likeness (QED) is 0.691. The van der Waals surface area contributed by atoms with Crippen molar-refractivity contribution in [3.05, 3.63) is 35.4 Å². The van der Waals surface area contributed by atoms with Crippen LogP contribution in [0.1, 0.15) is 18.1 Å². The topological polar surface area (TPSA) is 36.3 Å². The van der Waals surface area contributed by atoms with Crippen LogP contribution < -0.4 is 0 Å². The summed E-state index contributed by atoms with van der Waals surface area (Å²) in [6, 6.07) is 6.76. The Hall–Kier alpha value is -1.54. The van der Waals surface area contributed by atoms with Gasteiger partial charge in [-0.1, -0.05) is 12.1 Å². The minimum Gasteiger partial charge on any atom is -0.345 e. The summed E-state index contributed by atoms with van der Waals surface area (Å²) in [5, 5.41) is 8.63. The van der Waals surface area contributed by atoms with Gasteiger partial charge in [0.25, 0.3) is 0 Å². The molecule has 0 amide bonds. The van der Waals surface area contributed by atoms with Crippen LogP contribution in [0.3, 0.4) is 0 Å². The number of epoxide rings is 1. The fourth-order valence-corrected chi connectivity index (χ4v) is 1.58. The average molecular weight is 227 g/mol. The van der Waals surface area contributed by atoms with Gasteiger partial charge in [-0.05, 0) is 24.6 Å². The van der Waals surface area contributed by atoms with Gasteiger partial charge in [-0.15, -0.1) is 0 Å². The molecule has 0 radical (unpaired) electrons. The summed E-state index contributed by atoms with van der Waals surface area (Å²) in [5.41, 5.74) is -1.23. The predicted molar refractivity (Wildman–Crippen MR) is 49.3 cm³/mol. The molecule has 0 N–H and O–H groups in total. The molecule has 0 saturated carbocycles. The highest BCUT2D eigenvalue weighted by Crippen LogP contribution is 2.46. The smallest absolute Gasteiger partial charge is 0.345 e. The molecule has 1 aromatic rings. The van der Waals surface area contributed by atoms with E-state index in [2.05, 4.69) is 0 Å². The van der Waals surface area contributed by atoms with E-state index in [-0.39, 0.29) is 0 Å². The number of nitrogens with zero attached hydrogens (tertiary/aromatic N) is 1. The van der Waals surface area contributed by atoms with E-state index in [1.54, 1.807) is 6.92 Å². The second kappa shape index (κ2) is 3.22. The van der Waals surface area contributed by atoms with Crippen LogP contribution >= 0.6 is 0 Å². The molecule has 5 heteroatoms. The maximum absolute atomic E-state index is 12.4. The first-order valence-electron chi connectivity index (χ1n) is 4.63. The van der Waals surface area contributed by atoms with E-state index >= 15 is 0 Å². The molecule has 2 nitrogen and oxygen atoms in total. The number of halogens is 3. The number of rotatable bonds is 1. The minimum atomic E-state index is -4.37. The van der Waals surface area contributed by atoms with Gasteiger partial charge in [0.05, 0.1) is 11.6 Å². The van der Waals surface area contributed by atoms with Gasteiger partial charge in [-0.2, -0.15) is 18.4 Å². The molecule has 84 valence electrons. The van der Waals surface area contributed by atoms with Gasteiger partial charge in [0.15, 0.2) is 6.10 Å². The summed E-state index contributed by atoms with van der Waals surface area (Å²) >= 11 is 0. The van der Waals surface area contributed by atoms with Crippen molar-refractivity contribution in [3.63, 3.8) is 0 Å². The lowest BCUT2D eigenvalue weighted by Gasteiger charge is -2.10. The molecule has 1 aliphatic heterocycles. The Morgan fingerprint density at radius 3 is 2.62 bits per heavy atom. The molecule has 1 saturated heterocycles. The first kappa shape index (κ1) is 11.0. The molecular weight excluding hydrogens is 219 g/mol. The summed E-state index contributed by atoms with van der Waals surface area (Å²) in [6.07, 6.45) is -5.03. The van der Waals surface area contributed by atoms with Crippen LogP contribution in [0, 0.1) is 11.3 Å². The van der Waals surface area contributed by atoms with Gasteiger partial charge in [-0.25, -0.2) is 0 Å². The monoisotopic (exact) mass is 227 g/mol. The normalized spacial score (nSPS) is 28.6.